The predicted octanol–water partition coefficient (Wildman–Crippen LogP) is 3.11. The third-order valence-electron chi connectivity index (χ3n) is 5.56. The van der Waals surface area contributed by atoms with E-state index in [0.29, 0.717) is 49.7 Å². The fraction of sp³-hybridized carbons (Fsp3) is 0.381. The van der Waals surface area contributed by atoms with Crippen molar-refractivity contribution in [2.24, 2.45) is 5.41 Å². The van der Waals surface area contributed by atoms with Crippen molar-refractivity contribution in [3.05, 3.63) is 53.2 Å². The van der Waals surface area contributed by atoms with E-state index in [4.69, 9.17) is 11.6 Å². The standard InChI is InChI=1S/C21H23ClN4O2/c1-15-5-6-16(14-17(15)22)24-19(27)21(7-8-21)20(28)26-12-10-25(11-13-26)18-4-2-3-9-23-18/h2-6,9,14H,7-8,10-13H2,1H3,(H,24,27). The second-order valence-corrected chi connectivity index (χ2v) is 7.87. The first-order valence-corrected chi connectivity index (χ1v) is 9.90. The van der Waals surface area contributed by atoms with Gasteiger partial charge in [0.25, 0.3) is 0 Å². The average Bonchev–Trinajstić information content (AvgIpc) is 3.53. The molecule has 0 spiro atoms. The number of carbonyl (C=O) groups excluding carboxylic acids is 2. The van der Waals surface area contributed by atoms with Crippen molar-refractivity contribution in [2.45, 2.75) is 19.8 Å². The van der Waals surface area contributed by atoms with Crippen molar-refractivity contribution in [1.29, 1.82) is 0 Å². The number of aromatic nitrogens is 1. The van der Waals surface area contributed by atoms with E-state index in [9.17, 15) is 9.59 Å². The molecule has 1 saturated carbocycles. The van der Waals surface area contributed by atoms with Crippen LogP contribution in [0, 0.1) is 12.3 Å². The van der Waals surface area contributed by atoms with Gasteiger partial charge in [0, 0.05) is 43.1 Å². The average molecular weight is 399 g/mol. The molecule has 1 N–H and O–H groups in total. The van der Waals surface area contributed by atoms with Crippen LogP contribution in [0.25, 0.3) is 0 Å². The summed E-state index contributed by atoms with van der Waals surface area (Å²) in [4.78, 5) is 34.3. The fourth-order valence-electron chi connectivity index (χ4n) is 3.57. The number of nitrogens with one attached hydrogen (secondary N) is 1. The van der Waals surface area contributed by atoms with E-state index in [1.165, 1.54) is 0 Å². The number of rotatable bonds is 4. The maximum atomic E-state index is 13.1. The van der Waals surface area contributed by atoms with Crippen molar-refractivity contribution in [2.75, 3.05) is 36.4 Å². The molecule has 1 aliphatic heterocycles. The quantitative estimate of drug-likeness (QED) is 0.803. The third kappa shape index (κ3) is 3.56. The summed E-state index contributed by atoms with van der Waals surface area (Å²) in [6.45, 7) is 4.54. The van der Waals surface area contributed by atoms with Crippen LogP contribution in [0.2, 0.25) is 5.02 Å². The minimum absolute atomic E-state index is 0.0659. The highest BCUT2D eigenvalue weighted by Gasteiger charge is 2.58. The smallest absolute Gasteiger partial charge is 0.240 e. The molecule has 0 unspecified atom stereocenters. The van der Waals surface area contributed by atoms with E-state index in [-0.39, 0.29) is 11.8 Å². The number of benzene rings is 1. The van der Waals surface area contributed by atoms with Crippen LogP contribution in [-0.4, -0.2) is 47.9 Å². The highest BCUT2D eigenvalue weighted by molar-refractivity contribution is 6.31. The van der Waals surface area contributed by atoms with Gasteiger partial charge < -0.3 is 15.1 Å². The van der Waals surface area contributed by atoms with E-state index < -0.39 is 5.41 Å². The van der Waals surface area contributed by atoms with Gasteiger partial charge in [-0.1, -0.05) is 23.7 Å². The number of nitrogens with zero attached hydrogens (tertiary/aromatic N) is 3. The summed E-state index contributed by atoms with van der Waals surface area (Å²) in [6, 6.07) is 11.2. The molecule has 1 saturated heterocycles. The maximum Gasteiger partial charge on any atom is 0.240 e. The minimum atomic E-state index is -0.926. The first kappa shape index (κ1) is 18.7. The van der Waals surface area contributed by atoms with Crippen LogP contribution >= 0.6 is 11.6 Å². The molecule has 1 aromatic carbocycles. The number of amides is 2. The van der Waals surface area contributed by atoms with Gasteiger partial charge in [-0.3, -0.25) is 9.59 Å². The van der Waals surface area contributed by atoms with Crippen LogP contribution < -0.4 is 10.2 Å². The number of hydrogen-bond acceptors (Lipinski definition) is 4. The zero-order chi connectivity index (χ0) is 19.7. The van der Waals surface area contributed by atoms with E-state index in [0.717, 1.165) is 11.4 Å². The lowest BCUT2D eigenvalue weighted by atomic mass is 10.0. The number of pyridine rings is 1. The molecular formula is C21H23ClN4O2. The molecule has 2 heterocycles. The SMILES string of the molecule is Cc1ccc(NC(=O)C2(C(=O)N3CCN(c4ccccn4)CC3)CC2)cc1Cl. The molecule has 1 aromatic heterocycles. The normalized spacial score (nSPS) is 17.9. The van der Waals surface area contributed by atoms with E-state index in [1.54, 1.807) is 12.3 Å². The van der Waals surface area contributed by atoms with Gasteiger partial charge in [-0.15, -0.1) is 0 Å². The van der Waals surface area contributed by atoms with Crippen LogP contribution in [0.3, 0.4) is 0 Å². The number of halogens is 1. The Hall–Kier alpha value is -2.60. The summed E-state index contributed by atoms with van der Waals surface area (Å²) in [7, 11) is 0. The monoisotopic (exact) mass is 398 g/mol. The summed E-state index contributed by atoms with van der Waals surface area (Å²) in [6.07, 6.45) is 2.96. The number of piperazine rings is 1. The van der Waals surface area contributed by atoms with Crippen molar-refractivity contribution >= 4 is 34.9 Å². The Morgan fingerprint density at radius 2 is 1.86 bits per heavy atom. The molecule has 0 bridgehead atoms. The Balaban J connectivity index is 1.39. The summed E-state index contributed by atoms with van der Waals surface area (Å²) in [5.41, 5.74) is 0.646. The van der Waals surface area contributed by atoms with Crippen molar-refractivity contribution in [3.8, 4) is 0 Å². The summed E-state index contributed by atoms with van der Waals surface area (Å²) in [5.74, 6) is 0.623. The van der Waals surface area contributed by atoms with E-state index in [1.807, 2.05) is 42.2 Å². The van der Waals surface area contributed by atoms with Gasteiger partial charge in [-0.25, -0.2) is 4.98 Å². The number of carbonyl (C=O) groups is 2. The molecule has 2 amide bonds. The van der Waals surface area contributed by atoms with E-state index in [2.05, 4.69) is 15.2 Å². The Morgan fingerprint density at radius 3 is 2.46 bits per heavy atom. The molecule has 0 radical (unpaired) electrons. The number of anilines is 2. The summed E-state index contributed by atoms with van der Waals surface area (Å²) >= 11 is 6.14. The minimum Gasteiger partial charge on any atom is -0.353 e. The van der Waals surface area contributed by atoms with Crippen LogP contribution in [-0.2, 0) is 9.59 Å². The Kier molecular flexibility index (Phi) is 4.98. The number of hydrogen-bond donors (Lipinski definition) is 1. The van der Waals surface area contributed by atoms with Gasteiger partial charge in [-0.05, 0) is 49.6 Å². The van der Waals surface area contributed by atoms with Gasteiger partial charge in [0.1, 0.15) is 11.2 Å². The topological polar surface area (TPSA) is 65.5 Å². The third-order valence-corrected chi connectivity index (χ3v) is 5.97. The summed E-state index contributed by atoms with van der Waals surface area (Å²) in [5, 5.41) is 3.47. The molecule has 2 fully saturated rings. The molecule has 6 nitrogen and oxygen atoms in total. The predicted molar refractivity (Wildman–Crippen MR) is 110 cm³/mol. The highest BCUT2D eigenvalue weighted by atomic mass is 35.5. The van der Waals surface area contributed by atoms with Crippen molar-refractivity contribution in [1.82, 2.24) is 9.88 Å². The van der Waals surface area contributed by atoms with E-state index >= 15 is 0 Å². The van der Waals surface area contributed by atoms with Gasteiger partial charge in [-0.2, -0.15) is 0 Å². The summed E-state index contributed by atoms with van der Waals surface area (Å²) < 4.78 is 0. The van der Waals surface area contributed by atoms with Crippen LogP contribution in [0.15, 0.2) is 42.6 Å². The molecule has 7 heteroatoms. The molecule has 28 heavy (non-hydrogen) atoms. The molecule has 2 aliphatic rings. The molecule has 1 aliphatic carbocycles. The molecular weight excluding hydrogens is 376 g/mol. The first-order valence-electron chi connectivity index (χ1n) is 9.52. The first-order chi connectivity index (χ1) is 13.5. The lowest BCUT2D eigenvalue weighted by Crippen LogP contribution is -2.52. The molecule has 0 atom stereocenters. The Labute approximate surface area is 169 Å². The van der Waals surface area contributed by atoms with Gasteiger partial charge in [0.05, 0.1) is 0 Å². The molecule has 146 valence electrons. The number of aryl methyl sites for hydroxylation is 1. The second-order valence-electron chi connectivity index (χ2n) is 7.47. The zero-order valence-electron chi connectivity index (χ0n) is 15.8. The molecule has 4 rings (SSSR count). The van der Waals surface area contributed by atoms with Crippen LogP contribution in [0.4, 0.5) is 11.5 Å². The zero-order valence-corrected chi connectivity index (χ0v) is 16.6. The van der Waals surface area contributed by atoms with Gasteiger partial charge >= 0.3 is 0 Å². The van der Waals surface area contributed by atoms with Crippen LogP contribution in [0.5, 0.6) is 0 Å². The lowest BCUT2D eigenvalue weighted by molar-refractivity contribution is -0.142. The lowest BCUT2D eigenvalue weighted by Gasteiger charge is -2.36. The van der Waals surface area contributed by atoms with Crippen molar-refractivity contribution < 1.29 is 9.59 Å². The van der Waals surface area contributed by atoms with Crippen LogP contribution in [0.1, 0.15) is 18.4 Å². The second kappa shape index (κ2) is 7.43. The highest BCUT2D eigenvalue weighted by Crippen LogP contribution is 2.48. The largest absolute Gasteiger partial charge is 0.353 e. The maximum absolute atomic E-state index is 13.1. The molecule has 2 aromatic rings. The Bertz CT molecular complexity index is 891. The fourth-order valence-corrected chi connectivity index (χ4v) is 3.75. The van der Waals surface area contributed by atoms with Gasteiger partial charge in [0.2, 0.25) is 11.8 Å². The Morgan fingerprint density at radius 1 is 1.11 bits per heavy atom. The van der Waals surface area contributed by atoms with Gasteiger partial charge in [0.15, 0.2) is 0 Å². The van der Waals surface area contributed by atoms with Crippen molar-refractivity contribution in [3.63, 3.8) is 0 Å².